The van der Waals surface area contributed by atoms with E-state index in [9.17, 15) is 0 Å². The van der Waals surface area contributed by atoms with Crippen LogP contribution in [0.15, 0.2) is 24.3 Å². The zero-order valence-electron chi connectivity index (χ0n) is 14.6. The number of benzene rings is 1. The summed E-state index contributed by atoms with van der Waals surface area (Å²) in [7, 11) is 6.08. The molecule has 0 radical (unpaired) electrons. The molecule has 0 amide bonds. The van der Waals surface area contributed by atoms with Gasteiger partial charge in [0.1, 0.15) is 5.75 Å². The van der Waals surface area contributed by atoms with Crippen LogP contribution in [0.3, 0.4) is 0 Å². The molecule has 2 unspecified atom stereocenters. The van der Waals surface area contributed by atoms with Gasteiger partial charge in [0, 0.05) is 11.6 Å². The molecule has 120 valence electrons. The first kappa shape index (κ1) is 18.0. The van der Waals surface area contributed by atoms with E-state index >= 15 is 0 Å². The third kappa shape index (κ3) is 4.72. The van der Waals surface area contributed by atoms with Crippen LogP contribution in [0.2, 0.25) is 0 Å². The number of nitrogens with zero attached hydrogens (tertiary/aromatic N) is 1. The van der Waals surface area contributed by atoms with Gasteiger partial charge >= 0.3 is 0 Å². The second-order valence-electron chi connectivity index (χ2n) is 6.17. The van der Waals surface area contributed by atoms with Crippen LogP contribution in [0.4, 0.5) is 0 Å². The van der Waals surface area contributed by atoms with Crippen molar-refractivity contribution in [1.29, 1.82) is 0 Å². The highest BCUT2D eigenvalue weighted by Crippen LogP contribution is 2.25. The monoisotopic (exact) mass is 292 g/mol. The lowest BCUT2D eigenvalue weighted by Crippen LogP contribution is -2.57. The maximum atomic E-state index is 5.35. The minimum absolute atomic E-state index is 0.137. The molecule has 1 aromatic carbocycles. The summed E-state index contributed by atoms with van der Waals surface area (Å²) < 4.78 is 5.35. The Morgan fingerprint density at radius 2 is 2.00 bits per heavy atom. The van der Waals surface area contributed by atoms with Gasteiger partial charge in [-0.05, 0) is 64.5 Å². The van der Waals surface area contributed by atoms with Crippen molar-refractivity contribution >= 4 is 0 Å². The molecule has 0 aliphatic rings. The maximum absolute atomic E-state index is 5.35. The lowest BCUT2D eigenvalue weighted by Gasteiger charge is -2.43. The van der Waals surface area contributed by atoms with E-state index in [-0.39, 0.29) is 5.54 Å². The van der Waals surface area contributed by atoms with Crippen molar-refractivity contribution < 1.29 is 4.74 Å². The van der Waals surface area contributed by atoms with Crippen LogP contribution < -0.4 is 10.1 Å². The predicted octanol–water partition coefficient (Wildman–Crippen LogP) is 3.34. The van der Waals surface area contributed by atoms with Gasteiger partial charge in [0.25, 0.3) is 0 Å². The molecule has 3 nitrogen and oxygen atoms in total. The molecule has 1 aromatic rings. The van der Waals surface area contributed by atoms with Crippen molar-refractivity contribution in [2.75, 3.05) is 27.7 Å². The summed E-state index contributed by atoms with van der Waals surface area (Å²) in [4.78, 5) is 2.35. The Morgan fingerprint density at radius 3 is 2.52 bits per heavy atom. The summed E-state index contributed by atoms with van der Waals surface area (Å²) in [6, 6.07) is 8.83. The van der Waals surface area contributed by atoms with E-state index in [1.165, 1.54) is 5.56 Å². The van der Waals surface area contributed by atoms with Crippen molar-refractivity contribution in [1.82, 2.24) is 10.2 Å². The smallest absolute Gasteiger partial charge is 0.119 e. The number of ether oxygens (including phenoxy) is 1. The van der Waals surface area contributed by atoms with Crippen molar-refractivity contribution in [3.63, 3.8) is 0 Å². The van der Waals surface area contributed by atoms with Crippen LogP contribution in [0.5, 0.6) is 5.75 Å². The molecule has 0 aliphatic carbocycles. The molecular formula is C18H32N2O. The summed E-state index contributed by atoms with van der Waals surface area (Å²) in [5, 5.41) is 3.75. The molecule has 1 rings (SSSR count). The molecular weight excluding hydrogens is 260 g/mol. The van der Waals surface area contributed by atoms with Crippen LogP contribution >= 0.6 is 0 Å². The van der Waals surface area contributed by atoms with E-state index in [0.29, 0.717) is 6.04 Å². The molecule has 0 heterocycles. The first-order valence-corrected chi connectivity index (χ1v) is 8.01. The Bertz CT molecular complexity index is 419. The highest BCUT2D eigenvalue weighted by Gasteiger charge is 2.34. The van der Waals surface area contributed by atoms with Crippen molar-refractivity contribution in [2.45, 2.75) is 51.6 Å². The molecule has 0 aromatic heterocycles. The summed E-state index contributed by atoms with van der Waals surface area (Å²) in [5.41, 5.74) is 1.46. The molecule has 0 spiro atoms. The molecule has 21 heavy (non-hydrogen) atoms. The topological polar surface area (TPSA) is 24.5 Å². The number of nitrogens with one attached hydrogen (secondary N) is 1. The molecule has 0 fully saturated rings. The van der Waals surface area contributed by atoms with E-state index in [1.807, 2.05) is 6.07 Å². The fraction of sp³-hybridized carbons (Fsp3) is 0.667. The quantitative estimate of drug-likeness (QED) is 0.755. The summed E-state index contributed by atoms with van der Waals surface area (Å²) in [6.07, 6.45) is 3.28. The van der Waals surface area contributed by atoms with Gasteiger partial charge in [-0.3, -0.25) is 0 Å². The lowest BCUT2D eigenvalue weighted by atomic mass is 9.84. The Labute approximate surface area is 130 Å². The lowest BCUT2D eigenvalue weighted by molar-refractivity contribution is 0.112. The Balaban J connectivity index is 2.96. The number of methoxy groups -OCH3 is 1. The van der Waals surface area contributed by atoms with Gasteiger partial charge in [-0.25, -0.2) is 0 Å². The Hall–Kier alpha value is -1.06. The highest BCUT2D eigenvalue weighted by atomic mass is 16.5. The van der Waals surface area contributed by atoms with Crippen molar-refractivity contribution in [3.8, 4) is 5.75 Å². The largest absolute Gasteiger partial charge is 0.497 e. The van der Waals surface area contributed by atoms with E-state index in [2.05, 4.69) is 63.3 Å². The van der Waals surface area contributed by atoms with Crippen LogP contribution in [0.1, 0.15) is 39.2 Å². The van der Waals surface area contributed by atoms with E-state index in [4.69, 9.17) is 4.74 Å². The van der Waals surface area contributed by atoms with E-state index < -0.39 is 0 Å². The standard InChI is InChI=1S/C18H32N2O/c1-7-12-19-17(18(3,8-2)20(4)5)14-15-10-9-11-16(13-15)21-6/h9-11,13,17,19H,7-8,12,14H2,1-6H3. The second kappa shape index (κ2) is 8.40. The summed E-state index contributed by atoms with van der Waals surface area (Å²) in [5.74, 6) is 0.935. The van der Waals surface area contributed by atoms with Gasteiger partial charge in [0.05, 0.1) is 7.11 Å². The number of rotatable bonds is 9. The van der Waals surface area contributed by atoms with Crippen LogP contribution in [-0.2, 0) is 6.42 Å². The van der Waals surface area contributed by atoms with E-state index in [1.54, 1.807) is 7.11 Å². The first-order valence-electron chi connectivity index (χ1n) is 8.01. The highest BCUT2D eigenvalue weighted by molar-refractivity contribution is 5.29. The molecule has 1 N–H and O–H groups in total. The van der Waals surface area contributed by atoms with Gasteiger partial charge < -0.3 is 15.0 Å². The number of hydrogen-bond donors (Lipinski definition) is 1. The molecule has 0 bridgehead atoms. The van der Waals surface area contributed by atoms with Gasteiger partial charge in [0.15, 0.2) is 0 Å². The minimum atomic E-state index is 0.137. The average molecular weight is 292 g/mol. The molecule has 3 heteroatoms. The summed E-state index contributed by atoms with van der Waals surface area (Å²) >= 11 is 0. The number of likely N-dealkylation sites (N-methyl/N-ethyl adjacent to an activating group) is 1. The zero-order chi connectivity index (χ0) is 15.9. The fourth-order valence-corrected chi connectivity index (χ4v) is 2.74. The average Bonchev–Trinajstić information content (AvgIpc) is 2.50. The van der Waals surface area contributed by atoms with Crippen molar-refractivity contribution in [3.05, 3.63) is 29.8 Å². The fourth-order valence-electron chi connectivity index (χ4n) is 2.74. The Morgan fingerprint density at radius 1 is 1.29 bits per heavy atom. The first-order chi connectivity index (χ1) is 9.97. The van der Waals surface area contributed by atoms with Crippen molar-refractivity contribution in [2.24, 2.45) is 0 Å². The van der Waals surface area contributed by atoms with Crippen LogP contribution in [0.25, 0.3) is 0 Å². The Kier molecular flexibility index (Phi) is 7.20. The molecule has 0 aliphatic heterocycles. The molecule has 0 saturated carbocycles. The van der Waals surface area contributed by atoms with Gasteiger partial charge in [0.2, 0.25) is 0 Å². The predicted molar refractivity (Wildman–Crippen MR) is 91.2 cm³/mol. The van der Waals surface area contributed by atoms with Crippen LogP contribution in [-0.4, -0.2) is 44.2 Å². The number of hydrogen-bond acceptors (Lipinski definition) is 3. The maximum Gasteiger partial charge on any atom is 0.119 e. The van der Waals surface area contributed by atoms with Crippen LogP contribution in [0, 0.1) is 0 Å². The van der Waals surface area contributed by atoms with Gasteiger partial charge in [-0.2, -0.15) is 0 Å². The normalized spacial score (nSPS) is 15.8. The van der Waals surface area contributed by atoms with E-state index in [0.717, 1.165) is 31.6 Å². The molecule has 0 saturated heterocycles. The zero-order valence-corrected chi connectivity index (χ0v) is 14.6. The van der Waals surface area contributed by atoms with Gasteiger partial charge in [-0.15, -0.1) is 0 Å². The minimum Gasteiger partial charge on any atom is -0.497 e. The molecule has 2 atom stereocenters. The third-order valence-electron chi connectivity index (χ3n) is 4.70. The SMILES string of the molecule is CCCNC(Cc1cccc(OC)c1)C(C)(CC)N(C)C. The summed E-state index contributed by atoms with van der Waals surface area (Å²) in [6.45, 7) is 7.89. The second-order valence-corrected chi connectivity index (χ2v) is 6.17. The van der Waals surface area contributed by atoms with Gasteiger partial charge in [-0.1, -0.05) is 26.0 Å². The third-order valence-corrected chi connectivity index (χ3v) is 4.70.